The van der Waals surface area contributed by atoms with Crippen LogP contribution in [0.2, 0.25) is 0 Å². The van der Waals surface area contributed by atoms with Gasteiger partial charge in [0.15, 0.2) is 0 Å². The molecule has 3 aromatic rings. The van der Waals surface area contributed by atoms with Gasteiger partial charge in [0.25, 0.3) is 0 Å². The van der Waals surface area contributed by atoms with Crippen molar-refractivity contribution in [3.05, 3.63) is 72.5 Å². The Morgan fingerprint density at radius 3 is 1.78 bits per heavy atom. The van der Waals surface area contributed by atoms with E-state index in [-0.39, 0.29) is 12.4 Å². The molecular weight excluding hydrogens is 259 g/mol. The molecule has 0 N–H and O–H groups in total. The van der Waals surface area contributed by atoms with Crippen LogP contribution >= 0.6 is 20.6 Å². The van der Waals surface area contributed by atoms with Gasteiger partial charge in [-0.1, -0.05) is 60.7 Å². The van der Waals surface area contributed by atoms with Crippen LogP contribution in [0.15, 0.2) is 72.5 Å². The van der Waals surface area contributed by atoms with E-state index in [4.69, 9.17) is 0 Å². The molecule has 0 bridgehead atoms. The van der Waals surface area contributed by atoms with Crippen LogP contribution in [0.25, 0.3) is 22.0 Å². The van der Waals surface area contributed by atoms with E-state index >= 15 is 0 Å². The molecule has 0 radical (unpaired) electrons. The molecule has 1 aromatic heterocycles. The van der Waals surface area contributed by atoms with Crippen LogP contribution in [0.1, 0.15) is 0 Å². The highest BCUT2D eigenvalue weighted by molar-refractivity contribution is 7.33. The molecule has 2 heteroatoms. The Hall–Kier alpha value is -1.49. The van der Waals surface area contributed by atoms with Gasteiger partial charge < -0.3 is 0 Å². The molecule has 90 valence electrons. The highest BCUT2D eigenvalue weighted by Crippen LogP contribution is 2.39. The van der Waals surface area contributed by atoms with E-state index in [9.17, 15) is 0 Å². The van der Waals surface area contributed by atoms with E-state index < -0.39 is 0 Å². The third-order valence-electron chi connectivity index (χ3n) is 2.89. The number of benzene rings is 2. The second-order valence-electron chi connectivity index (χ2n) is 4.00. The molecule has 1 unspecified atom stereocenters. The van der Waals surface area contributed by atoms with Crippen LogP contribution in [-0.2, 0) is 0 Å². The lowest BCUT2D eigenvalue weighted by Crippen LogP contribution is -1.77. The SMILES string of the molecule is Cl.c1ccc(-c2cc[pH]c2-c2ccccc2)cc1. The zero-order valence-corrected chi connectivity index (χ0v) is 11.7. The summed E-state index contributed by atoms with van der Waals surface area (Å²) in [5.41, 5.74) is 4.03. The molecule has 0 saturated carbocycles. The topological polar surface area (TPSA) is 0 Å². The van der Waals surface area contributed by atoms with Crippen molar-refractivity contribution in [3.8, 4) is 22.0 Å². The molecule has 0 aliphatic heterocycles. The molecule has 3 rings (SSSR count). The van der Waals surface area contributed by atoms with Crippen molar-refractivity contribution in [1.82, 2.24) is 0 Å². The molecule has 0 aliphatic rings. The minimum atomic E-state index is 0. The fraction of sp³-hybridized carbons (Fsp3) is 0. The van der Waals surface area contributed by atoms with Crippen molar-refractivity contribution in [2.24, 2.45) is 0 Å². The number of rotatable bonds is 2. The van der Waals surface area contributed by atoms with Crippen molar-refractivity contribution < 1.29 is 0 Å². The molecule has 0 aliphatic carbocycles. The second kappa shape index (κ2) is 5.91. The first-order valence-corrected chi connectivity index (χ1v) is 6.81. The number of halogens is 1. The van der Waals surface area contributed by atoms with Gasteiger partial charge in [-0.05, 0) is 28.6 Å². The smallest absolute Gasteiger partial charge is 0.00600 e. The van der Waals surface area contributed by atoms with Crippen LogP contribution in [0.5, 0.6) is 0 Å². The maximum atomic E-state index is 2.27. The van der Waals surface area contributed by atoms with E-state index in [1.54, 1.807) is 0 Å². The fourth-order valence-electron chi connectivity index (χ4n) is 2.07. The van der Waals surface area contributed by atoms with E-state index in [2.05, 4.69) is 72.5 Å². The molecule has 0 nitrogen and oxygen atoms in total. The molecule has 0 fully saturated rings. The molecule has 2 aromatic carbocycles. The fourth-order valence-corrected chi connectivity index (χ4v) is 3.20. The van der Waals surface area contributed by atoms with Crippen molar-refractivity contribution >= 4 is 20.6 Å². The second-order valence-corrected chi connectivity index (χ2v) is 5.12. The van der Waals surface area contributed by atoms with Crippen LogP contribution in [0.4, 0.5) is 0 Å². The van der Waals surface area contributed by atoms with Crippen LogP contribution < -0.4 is 0 Å². The lowest BCUT2D eigenvalue weighted by molar-refractivity contribution is 1.65. The van der Waals surface area contributed by atoms with Crippen molar-refractivity contribution in [1.29, 1.82) is 0 Å². The van der Waals surface area contributed by atoms with Gasteiger partial charge in [-0.25, -0.2) is 0 Å². The summed E-state index contributed by atoms with van der Waals surface area (Å²) in [5.74, 6) is 2.27. The standard InChI is InChI=1S/C16H13P.ClH/c1-3-7-13(8-4-1)15-11-12-17-16(15)14-9-5-2-6-10-14;/h1-12,17H;1H. The largest absolute Gasteiger partial charge is 0.147 e. The quantitative estimate of drug-likeness (QED) is 0.580. The van der Waals surface area contributed by atoms with Gasteiger partial charge >= 0.3 is 0 Å². The van der Waals surface area contributed by atoms with Gasteiger partial charge in [0.1, 0.15) is 0 Å². The summed E-state index contributed by atoms with van der Waals surface area (Å²) >= 11 is 0. The molecule has 1 atom stereocenters. The Morgan fingerprint density at radius 2 is 1.17 bits per heavy atom. The molecule has 18 heavy (non-hydrogen) atoms. The summed E-state index contributed by atoms with van der Waals surface area (Å²) in [6.45, 7) is 0. The minimum Gasteiger partial charge on any atom is -0.147 e. The summed E-state index contributed by atoms with van der Waals surface area (Å²) in [7, 11) is 0.782. The Morgan fingerprint density at radius 1 is 0.611 bits per heavy atom. The minimum absolute atomic E-state index is 0. The molecule has 0 spiro atoms. The van der Waals surface area contributed by atoms with E-state index in [0.717, 1.165) is 8.19 Å². The maximum Gasteiger partial charge on any atom is 0.00600 e. The third kappa shape index (κ3) is 2.51. The van der Waals surface area contributed by atoms with Crippen molar-refractivity contribution in [2.45, 2.75) is 0 Å². The zero-order valence-electron chi connectivity index (χ0n) is 9.84. The van der Waals surface area contributed by atoms with E-state index in [1.165, 1.54) is 22.0 Å². The molecule has 1 heterocycles. The molecular formula is C16H14ClP. The summed E-state index contributed by atoms with van der Waals surface area (Å²) < 4.78 is 0. The Labute approximate surface area is 115 Å². The Kier molecular flexibility index (Phi) is 4.25. The Balaban J connectivity index is 0.00000120. The monoisotopic (exact) mass is 272 g/mol. The number of hydrogen-bond acceptors (Lipinski definition) is 0. The average molecular weight is 273 g/mol. The predicted octanol–water partition coefficient (Wildman–Crippen LogP) is 5.47. The average Bonchev–Trinajstić information content (AvgIpc) is 2.90. The zero-order chi connectivity index (χ0) is 11.5. The summed E-state index contributed by atoms with van der Waals surface area (Å²) in [6, 6.07) is 23.5. The normalized spacial score (nSPS) is 10.2. The van der Waals surface area contributed by atoms with E-state index in [1.807, 2.05) is 0 Å². The third-order valence-corrected chi connectivity index (χ3v) is 4.07. The van der Waals surface area contributed by atoms with Crippen LogP contribution in [0.3, 0.4) is 0 Å². The molecule has 0 amide bonds. The number of hydrogen-bond donors (Lipinski definition) is 0. The first-order chi connectivity index (χ1) is 8.45. The predicted molar refractivity (Wildman–Crippen MR) is 84.1 cm³/mol. The van der Waals surface area contributed by atoms with Gasteiger partial charge in [0, 0.05) is 5.30 Å². The lowest BCUT2D eigenvalue weighted by atomic mass is 10.0. The van der Waals surface area contributed by atoms with Crippen LogP contribution in [0, 0.1) is 0 Å². The Bertz CT molecular complexity index is 545. The van der Waals surface area contributed by atoms with Gasteiger partial charge in [0.05, 0.1) is 0 Å². The summed E-state index contributed by atoms with van der Waals surface area (Å²) in [6.07, 6.45) is 0. The lowest BCUT2D eigenvalue weighted by Gasteiger charge is -2.04. The maximum absolute atomic E-state index is 2.27. The van der Waals surface area contributed by atoms with Gasteiger partial charge in [-0.3, -0.25) is 0 Å². The van der Waals surface area contributed by atoms with Crippen molar-refractivity contribution in [2.75, 3.05) is 0 Å². The summed E-state index contributed by atoms with van der Waals surface area (Å²) in [4.78, 5) is 0. The van der Waals surface area contributed by atoms with Crippen LogP contribution in [-0.4, -0.2) is 0 Å². The summed E-state index contributed by atoms with van der Waals surface area (Å²) in [5, 5.41) is 1.46. The van der Waals surface area contributed by atoms with Gasteiger partial charge in [-0.2, -0.15) is 0 Å². The van der Waals surface area contributed by atoms with E-state index in [0.29, 0.717) is 0 Å². The van der Waals surface area contributed by atoms with Gasteiger partial charge in [-0.15, -0.1) is 20.6 Å². The van der Waals surface area contributed by atoms with Gasteiger partial charge in [0.2, 0.25) is 0 Å². The first-order valence-electron chi connectivity index (χ1n) is 5.73. The highest BCUT2D eigenvalue weighted by Gasteiger charge is 2.06. The van der Waals surface area contributed by atoms with Crippen molar-refractivity contribution in [3.63, 3.8) is 0 Å². The first kappa shape index (κ1) is 13.0. The highest BCUT2D eigenvalue weighted by atomic mass is 35.5. The molecule has 0 saturated heterocycles.